The molecule has 0 saturated heterocycles. The van der Waals surface area contributed by atoms with E-state index in [0.717, 1.165) is 12.6 Å². The van der Waals surface area contributed by atoms with E-state index in [0.29, 0.717) is 11.4 Å². The summed E-state index contributed by atoms with van der Waals surface area (Å²) in [5.41, 5.74) is 6.37. The van der Waals surface area contributed by atoms with E-state index >= 15 is 0 Å². The summed E-state index contributed by atoms with van der Waals surface area (Å²) in [6.45, 7) is 1.93. The first kappa shape index (κ1) is 9.92. The fourth-order valence-corrected chi connectivity index (χ4v) is 1.10. The fraction of sp³-hybridized carbons (Fsp3) is 0.444. The van der Waals surface area contributed by atoms with Crippen molar-refractivity contribution >= 4 is 0 Å². The molecular weight excluding hydrogens is 171 g/mol. The van der Waals surface area contributed by atoms with Gasteiger partial charge in [0.25, 0.3) is 0 Å². The van der Waals surface area contributed by atoms with Crippen molar-refractivity contribution in [2.75, 3.05) is 7.11 Å². The van der Waals surface area contributed by atoms with Gasteiger partial charge in [-0.15, -0.1) is 0 Å². The van der Waals surface area contributed by atoms with E-state index in [2.05, 4.69) is 4.98 Å². The highest BCUT2D eigenvalue weighted by Crippen LogP contribution is 2.23. The smallest absolute Gasteiger partial charge is 0.218 e. The number of halogens is 1. The molecule has 13 heavy (non-hydrogen) atoms. The van der Waals surface area contributed by atoms with Crippen LogP contribution < -0.4 is 10.5 Å². The lowest BCUT2D eigenvalue weighted by Gasteiger charge is -2.12. The summed E-state index contributed by atoms with van der Waals surface area (Å²) in [7, 11) is 1.49. The highest BCUT2D eigenvalue weighted by Gasteiger charge is 2.12. The largest absolute Gasteiger partial charge is 0.481 e. The lowest BCUT2D eigenvalue weighted by molar-refractivity contribution is 0.385. The first-order valence-electron chi connectivity index (χ1n) is 4.14. The van der Waals surface area contributed by atoms with E-state index in [1.807, 2.05) is 6.92 Å². The summed E-state index contributed by atoms with van der Waals surface area (Å²) in [6.07, 6.45) is 1.84. The molecule has 0 radical (unpaired) electrons. The third-order valence-electron chi connectivity index (χ3n) is 1.88. The molecule has 1 heterocycles. The minimum absolute atomic E-state index is 0.224. The van der Waals surface area contributed by atoms with Gasteiger partial charge in [-0.2, -0.15) is 0 Å². The van der Waals surface area contributed by atoms with E-state index in [-0.39, 0.29) is 11.9 Å². The van der Waals surface area contributed by atoms with Crippen LogP contribution in [0.3, 0.4) is 0 Å². The Bertz CT molecular complexity index is 291. The molecule has 0 aliphatic rings. The molecule has 0 fully saturated rings. The average Bonchev–Trinajstić information content (AvgIpc) is 2.16. The van der Waals surface area contributed by atoms with Crippen LogP contribution in [-0.2, 0) is 0 Å². The van der Waals surface area contributed by atoms with Gasteiger partial charge in [-0.3, -0.25) is 0 Å². The van der Waals surface area contributed by atoms with Gasteiger partial charge in [-0.05, 0) is 12.5 Å². The maximum atomic E-state index is 12.8. The number of rotatable bonds is 3. The Morgan fingerprint density at radius 3 is 2.92 bits per heavy atom. The molecule has 0 spiro atoms. The molecular formula is C9H13FN2O. The van der Waals surface area contributed by atoms with Crippen molar-refractivity contribution in [3.8, 4) is 5.88 Å². The maximum Gasteiger partial charge on any atom is 0.218 e. The maximum absolute atomic E-state index is 12.8. The molecule has 1 aromatic rings. The number of nitrogens with zero attached hydrogens (tertiary/aromatic N) is 1. The molecule has 0 bridgehead atoms. The second kappa shape index (κ2) is 4.18. The van der Waals surface area contributed by atoms with Crippen molar-refractivity contribution in [3.63, 3.8) is 0 Å². The van der Waals surface area contributed by atoms with E-state index < -0.39 is 0 Å². The lowest BCUT2D eigenvalue weighted by Crippen LogP contribution is -2.11. The summed E-state index contributed by atoms with van der Waals surface area (Å²) in [6, 6.07) is 1.14. The number of hydrogen-bond donors (Lipinski definition) is 1. The van der Waals surface area contributed by atoms with Crippen molar-refractivity contribution in [2.45, 2.75) is 19.4 Å². The Hall–Kier alpha value is -1.16. The highest BCUT2D eigenvalue weighted by molar-refractivity contribution is 5.29. The van der Waals surface area contributed by atoms with Gasteiger partial charge in [0.2, 0.25) is 5.88 Å². The molecule has 4 heteroatoms. The molecule has 2 N–H and O–H groups in total. The second-order valence-electron chi connectivity index (χ2n) is 2.77. The minimum Gasteiger partial charge on any atom is -0.481 e. The Morgan fingerprint density at radius 1 is 1.69 bits per heavy atom. The van der Waals surface area contributed by atoms with Crippen LogP contribution in [0, 0.1) is 5.82 Å². The van der Waals surface area contributed by atoms with Gasteiger partial charge in [0.15, 0.2) is 0 Å². The topological polar surface area (TPSA) is 48.1 Å². The minimum atomic E-state index is -0.389. The quantitative estimate of drug-likeness (QED) is 0.776. The molecule has 0 aromatic carbocycles. The predicted octanol–water partition coefficient (Wildman–Crippen LogP) is 1.64. The summed E-state index contributed by atoms with van der Waals surface area (Å²) in [4.78, 5) is 3.79. The Morgan fingerprint density at radius 2 is 2.38 bits per heavy atom. The number of nitrogens with two attached hydrogens (primary N) is 1. The van der Waals surface area contributed by atoms with E-state index in [4.69, 9.17) is 10.5 Å². The first-order chi connectivity index (χ1) is 6.19. The molecule has 1 unspecified atom stereocenters. The Labute approximate surface area is 76.7 Å². The third kappa shape index (κ3) is 2.15. The van der Waals surface area contributed by atoms with Crippen LogP contribution in [0.4, 0.5) is 4.39 Å². The predicted molar refractivity (Wildman–Crippen MR) is 48.0 cm³/mol. The summed E-state index contributed by atoms with van der Waals surface area (Å²) < 4.78 is 17.8. The van der Waals surface area contributed by atoms with Crippen LogP contribution in [0.1, 0.15) is 24.9 Å². The van der Waals surface area contributed by atoms with Crippen molar-refractivity contribution in [3.05, 3.63) is 23.6 Å². The van der Waals surface area contributed by atoms with Crippen molar-refractivity contribution < 1.29 is 9.13 Å². The van der Waals surface area contributed by atoms with Crippen LogP contribution >= 0.6 is 0 Å². The zero-order valence-electron chi connectivity index (χ0n) is 7.75. The van der Waals surface area contributed by atoms with Crippen LogP contribution in [0.2, 0.25) is 0 Å². The van der Waals surface area contributed by atoms with Crippen LogP contribution in [0.5, 0.6) is 5.88 Å². The Balaban J connectivity index is 3.07. The number of ether oxygens (including phenoxy) is 1. The molecule has 0 aliphatic heterocycles. The van der Waals surface area contributed by atoms with Crippen molar-refractivity contribution in [1.82, 2.24) is 4.98 Å². The summed E-state index contributed by atoms with van der Waals surface area (Å²) in [5.74, 6) is 0.00968. The average molecular weight is 184 g/mol. The van der Waals surface area contributed by atoms with Gasteiger partial charge in [-0.1, -0.05) is 6.92 Å². The molecule has 0 saturated carbocycles. The van der Waals surface area contributed by atoms with Gasteiger partial charge in [0, 0.05) is 11.6 Å². The summed E-state index contributed by atoms with van der Waals surface area (Å²) in [5, 5.41) is 0. The summed E-state index contributed by atoms with van der Waals surface area (Å²) >= 11 is 0. The van der Waals surface area contributed by atoms with Crippen LogP contribution in [-0.4, -0.2) is 12.1 Å². The molecule has 72 valence electrons. The van der Waals surface area contributed by atoms with Crippen molar-refractivity contribution in [2.24, 2.45) is 5.73 Å². The lowest BCUT2D eigenvalue weighted by atomic mass is 10.1. The van der Waals surface area contributed by atoms with Gasteiger partial charge in [0.1, 0.15) is 5.82 Å². The zero-order chi connectivity index (χ0) is 9.84. The fourth-order valence-electron chi connectivity index (χ4n) is 1.10. The highest BCUT2D eigenvalue weighted by atomic mass is 19.1. The Kier molecular flexibility index (Phi) is 3.19. The SMILES string of the molecule is CCC(N)c1cc(F)cnc1OC. The van der Waals surface area contributed by atoms with Gasteiger partial charge < -0.3 is 10.5 Å². The molecule has 0 amide bonds. The van der Waals surface area contributed by atoms with Gasteiger partial charge in [-0.25, -0.2) is 9.37 Å². The van der Waals surface area contributed by atoms with Crippen LogP contribution in [0.25, 0.3) is 0 Å². The van der Waals surface area contributed by atoms with Gasteiger partial charge >= 0.3 is 0 Å². The number of methoxy groups -OCH3 is 1. The van der Waals surface area contributed by atoms with E-state index in [1.165, 1.54) is 13.2 Å². The molecule has 1 atom stereocenters. The molecule has 1 aromatic heterocycles. The molecule has 0 aliphatic carbocycles. The van der Waals surface area contributed by atoms with E-state index in [1.54, 1.807) is 0 Å². The number of hydrogen-bond acceptors (Lipinski definition) is 3. The second-order valence-corrected chi connectivity index (χ2v) is 2.77. The molecule has 1 rings (SSSR count). The van der Waals surface area contributed by atoms with E-state index in [9.17, 15) is 4.39 Å². The third-order valence-corrected chi connectivity index (χ3v) is 1.88. The normalized spacial score (nSPS) is 12.6. The first-order valence-corrected chi connectivity index (χ1v) is 4.14. The van der Waals surface area contributed by atoms with Gasteiger partial charge in [0.05, 0.1) is 13.3 Å². The standard InChI is InChI=1S/C9H13FN2O/c1-3-8(11)7-4-6(10)5-12-9(7)13-2/h4-5,8H,3,11H2,1-2H3. The number of pyridine rings is 1. The monoisotopic (exact) mass is 184 g/mol. The number of aromatic nitrogens is 1. The zero-order valence-corrected chi connectivity index (χ0v) is 7.75. The van der Waals surface area contributed by atoms with Crippen LogP contribution in [0.15, 0.2) is 12.3 Å². The van der Waals surface area contributed by atoms with Crippen molar-refractivity contribution in [1.29, 1.82) is 0 Å². The molecule has 3 nitrogen and oxygen atoms in total.